The summed E-state index contributed by atoms with van der Waals surface area (Å²) >= 11 is 0. The normalized spacial score (nSPS) is 17.8. The smallest absolute Gasteiger partial charge is 0.338 e. The number of esters is 2. The molecule has 0 aromatic heterocycles. The Morgan fingerprint density at radius 2 is 0.880 bits per heavy atom. The summed E-state index contributed by atoms with van der Waals surface area (Å²) in [5, 5.41) is 0. The molecule has 0 unspecified atom stereocenters. The van der Waals surface area contributed by atoms with Crippen molar-refractivity contribution in [2.24, 2.45) is 0 Å². The molecule has 0 radical (unpaired) electrons. The van der Waals surface area contributed by atoms with Crippen LogP contribution in [0.4, 0.5) is 0 Å². The van der Waals surface area contributed by atoms with Crippen LogP contribution in [0.1, 0.15) is 11.1 Å². The van der Waals surface area contributed by atoms with Gasteiger partial charge in [0.15, 0.2) is 23.0 Å². The third kappa shape index (κ3) is 14.7. The zero-order valence-corrected chi connectivity index (χ0v) is 28.3. The third-order valence-corrected chi connectivity index (χ3v) is 6.93. The van der Waals surface area contributed by atoms with Crippen molar-refractivity contribution in [3.8, 4) is 23.0 Å². The van der Waals surface area contributed by atoms with Gasteiger partial charge in [-0.05, 0) is 35.4 Å². The van der Waals surface area contributed by atoms with E-state index in [0.717, 1.165) is 6.08 Å². The van der Waals surface area contributed by atoms with Gasteiger partial charge in [-0.2, -0.15) is 0 Å². The summed E-state index contributed by atoms with van der Waals surface area (Å²) < 4.78 is 67.2. The molecule has 2 aromatic rings. The SMILES string of the molecule is C=C/C(=C\C(=O)OCc1ccc2c(c1)OCCOCCOCCOCCO2)C(=O)OCc1ccc2c(c1)OCCOCCOCCOCCO2. The fourth-order valence-electron chi connectivity index (χ4n) is 4.43. The number of ether oxygens (including phenoxy) is 12. The van der Waals surface area contributed by atoms with Gasteiger partial charge in [-0.25, -0.2) is 9.59 Å². The zero-order valence-electron chi connectivity index (χ0n) is 28.3. The number of hydrogen-bond acceptors (Lipinski definition) is 14. The summed E-state index contributed by atoms with van der Waals surface area (Å²) in [6, 6.07) is 10.4. The summed E-state index contributed by atoms with van der Waals surface area (Å²) in [5.74, 6) is 0.488. The van der Waals surface area contributed by atoms with E-state index in [2.05, 4.69) is 6.58 Å². The standard InChI is InChI=1S/C36H46O14/c1-2-30(36(38)50-27-29-4-6-32-34(24-29)48-22-18-44-14-10-40-8-12-42-16-20-46-32)25-35(37)49-26-28-3-5-31-33(23-28)47-21-17-43-13-9-39-7-11-41-15-19-45-31/h2-6,23-25H,1,7-22,26-27H2/b30-25+. The highest BCUT2D eigenvalue weighted by molar-refractivity contribution is 5.98. The molecule has 14 heteroatoms. The number of carbonyl (C=O) groups excluding carboxylic acids is 2. The lowest BCUT2D eigenvalue weighted by molar-refractivity contribution is -0.142. The second-order valence-corrected chi connectivity index (χ2v) is 10.6. The fraction of sp³-hybridized carbons (Fsp3) is 0.500. The van der Waals surface area contributed by atoms with Gasteiger partial charge in [0.2, 0.25) is 0 Å². The summed E-state index contributed by atoms with van der Waals surface area (Å²) in [5.41, 5.74) is 1.24. The lowest BCUT2D eigenvalue weighted by Gasteiger charge is -2.15. The van der Waals surface area contributed by atoms with Crippen LogP contribution in [-0.4, -0.2) is 118 Å². The van der Waals surface area contributed by atoms with Crippen LogP contribution in [0.5, 0.6) is 23.0 Å². The minimum atomic E-state index is -0.747. The lowest BCUT2D eigenvalue weighted by atomic mass is 10.2. The average molecular weight is 703 g/mol. The number of hydrogen-bond donors (Lipinski definition) is 0. The Balaban J connectivity index is 1.29. The summed E-state index contributed by atoms with van der Waals surface area (Å²) in [7, 11) is 0. The molecule has 14 nitrogen and oxygen atoms in total. The van der Waals surface area contributed by atoms with E-state index in [1.54, 1.807) is 36.4 Å². The maximum Gasteiger partial charge on any atom is 0.338 e. The molecule has 0 atom stereocenters. The van der Waals surface area contributed by atoms with E-state index in [1.165, 1.54) is 6.08 Å². The number of rotatable bonds is 7. The van der Waals surface area contributed by atoms with Crippen LogP contribution in [0.2, 0.25) is 0 Å². The molecule has 2 aliphatic rings. The van der Waals surface area contributed by atoms with Crippen molar-refractivity contribution in [1.82, 2.24) is 0 Å². The molecule has 0 bridgehead atoms. The largest absolute Gasteiger partial charge is 0.487 e. The molecule has 274 valence electrons. The molecule has 0 saturated carbocycles. The van der Waals surface area contributed by atoms with Crippen molar-refractivity contribution < 1.29 is 66.4 Å². The van der Waals surface area contributed by atoms with Gasteiger partial charge in [0, 0.05) is 6.08 Å². The van der Waals surface area contributed by atoms with Gasteiger partial charge < -0.3 is 56.8 Å². The second-order valence-electron chi connectivity index (χ2n) is 10.6. The molecule has 2 heterocycles. The highest BCUT2D eigenvalue weighted by Gasteiger charge is 2.15. The Morgan fingerprint density at radius 3 is 1.28 bits per heavy atom. The highest BCUT2D eigenvalue weighted by atomic mass is 16.6. The predicted molar refractivity (Wildman–Crippen MR) is 178 cm³/mol. The molecule has 0 saturated heterocycles. The van der Waals surface area contributed by atoms with Crippen molar-refractivity contribution in [3.63, 3.8) is 0 Å². The van der Waals surface area contributed by atoms with Gasteiger partial charge in [-0.3, -0.25) is 0 Å². The van der Waals surface area contributed by atoms with Gasteiger partial charge in [0.1, 0.15) is 39.6 Å². The Labute approximate surface area is 292 Å². The van der Waals surface area contributed by atoms with Crippen molar-refractivity contribution in [2.75, 3.05) is 106 Å². The number of benzene rings is 2. The first-order chi connectivity index (χ1) is 24.6. The molecule has 0 aliphatic carbocycles. The fourth-order valence-corrected chi connectivity index (χ4v) is 4.43. The van der Waals surface area contributed by atoms with Crippen molar-refractivity contribution in [2.45, 2.75) is 13.2 Å². The molecule has 4 rings (SSSR count). The first kappa shape index (κ1) is 38.6. The van der Waals surface area contributed by atoms with E-state index in [1.807, 2.05) is 0 Å². The average Bonchev–Trinajstić information content (AvgIpc) is 3.14. The van der Waals surface area contributed by atoms with Gasteiger partial charge >= 0.3 is 11.9 Å². The van der Waals surface area contributed by atoms with Crippen LogP contribution in [0.25, 0.3) is 0 Å². The summed E-state index contributed by atoms with van der Waals surface area (Å²) in [4.78, 5) is 25.5. The van der Waals surface area contributed by atoms with Gasteiger partial charge in [-0.1, -0.05) is 24.8 Å². The number of fused-ring (bicyclic) bond motifs is 2. The molecular weight excluding hydrogens is 656 g/mol. The van der Waals surface area contributed by atoms with E-state index >= 15 is 0 Å². The van der Waals surface area contributed by atoms with E-state index in [4.69, 9.17) is 56.8 Å². The Bertz CT molecular complexity index is 1360. The monoisotopic (exact) mass is 702 g/mol. The Kier molecular flexibility index (Phi) is 18.0. The quantitative estimate of drug-likeness (QED) is 0.237. The third-order valence-electron chi connectivity index (χ3n) is 6.93. The van der Waals surface area contributed by atoms with Crippen molar-refractivity contribution >= 4 is 11.9 Å². The van der Waals surface area contributed by atoms with E-state index in [-0.39, 0.29) is 32.0 Å². The van der Waals surface area contributed by atoms with Crippen molar-refractivity contribution in [1.29, 1.82) is 0 Å². The molecule has 2 aromatic carbocycles. The first-order valence-corrected chi connectivity index (χ1v) is 16.5. The predicted octanol–water partition coefficient (Wildman–Crippen LogP) is 3.23. The molecule has 2 aliphatic heterocycles. The van der Waals surface area contributed by atoms with Crippen LogP contribution in [0.3, 0.4) is 0 Å². The second kappa shape index (κ2) is 23.3. The Morgan fingerprint density at radius 1 is 0.520 bits per heavy atom. The summed E-state index contributed by atoms with van der Waals surface area (Å²) in [6.07, 6.45) is 2.27. The summed E-state index contributed by atoms with van der Waals surface area (Å²) in [6.45, 7) is 9.89. The van der Waals surface area contributed by atoms with Crippen LogP contribution in [-0.2, 0) is 60.7 Å². The maximum atomic E-state index is 12.8. The molecule has 0 amide bonds. The van der Waals surface area contributed by atoms with Gasteiger partial charge in [0.05, 0.1) is 84.9 Å². The molecule has 0 spiro atoms. The minimum absolute atomic E-state index is 0.0609. The Hall–Kier alpha value is -4.18. The van der Waals surface area contributed by atoms with E-state index < -0.39 is 11.9 Å². The van der Waals surface area contributed by atoms with Crippen LogP contribution in [0, 0.1) is 0 Å². The molecule has 50 heavy (non-hydrogen) atoms. The molecule has 0 N–H and O–H groups in total. The maximum absolute atomic E-state index is 12.8. The highest BCUT2D eigenvalue weighted by Crippen LogP contribution is 2.30. The molecular formula is C36H46O14. The first-order valence-electron chi connectivity index (χ1n) is 16.5. The zero-order chi connectivity index (χ0) is 35.1. The van der Waals surface area contributed by atoms with Crippen LogP contribution < -0.4 is 18.9 Å². The van der Waals surface area contributed by atoms with Crippen LogP contribution >= 0.6 is 0 Å². The minimum Gasteiger partial charge on any atom is -0.487 e. The van der Waals surface area contributed by atoms with Gasteiger partial charge in [0.25, 0.3) is 0 Å². The van der Waals surface area contributed by atoms with E-state index in [0.29, 0.717) is 127 Å². The topological polar surface area (TPSA) is 145 Å². The molecule has 0 fully saturated rings. The van der Waals surface area contributed by atoms with E-state index in [9.17, 15) is 9.59 Å². The van der Waals surface area contributed by atoms with Crippen molar-refractivity contribution in [3.05, 3.63) is 71.8 Å². The van der Waals surface area contributed by atoms with Crippen LogP contribution in [0.15, 0.2) is 60.7 Å². The van der Waals surface area contributed by atoms with Gasteiger partial charge in [-0.15, -0.1) is 0 Å². The number of carbonyl (C=O) groups is 2. The lowest BCUT2D eigenvalue weighted by Crippen LogP contribution is -2.13.